The quantitative estimate of drug-likeness (QED) is 0.519. The Morgan fingerprint density at radius 1 is 0.909 bits per heavy atom. The van der Waals surface area contributed by atoms with Crippen molar-refractivity contribution in [2.24, 2.45) is 0 Å². The summed E-state index contributed by atoms with van der Waals surface area (Å²) in [5.74, 6) is -1.22. The molecule has 0 saturated carbocycles. The van der Waals surface area contributed by atoms with Gasteiger partial charge in [-0.1, -0.05) is 18.2 Å². The molecule has 1 unspecified atom stereocenters. The van der Waals surface area contributed by atoms with E-state index in [1.807, 2.05) is 12.1 Å². The average Bonchev–Trinajstić information content (AvgIpc) is 3.13. The highest BCUT2D eigenvalue weighted by Crippen LogP contribution is 2.33. The molecule has 2 amide bonds. The van der Waals surface area contributed by atoms with Crippen LogP contribution in [-0.4, -0.2) is 17.9 Å². The zero-order valence-electron chi connectivity index (χ0n) is 17.6. The smallest absolute Gasteiger partial charge is 0.353 e. The van der Waals surface area contributed by atoms with Crippen LogP contribution in [0.25, 0.3) is 11.1 Å². The number of hydrogen-bond acceptors (Lipinski definition) is 2. The number of halogens is 4. The number of carbonyl (C=O) groups is 2. The minimum absolute atomic E-state index is 0.00632. The van der Waals surface area contributed by atoms with Crippen LogP contribution >= 0.6 is 0 Å². The summed E-state index contributed by atoms with van der Waals surface area (Å²) < 4.78 is 52.5. The Bertz CT molecular complexity index is 1220. The Kier molecular flexibility index (Phi) is 5.93. The van der Waals surface area contributed by atoms with Crippen LogP contribution in [0.4, 0.5) is 23.2 Å². The van der Waals surface area contributed by atoms with Crippen molar-refractivity contribution in [2.45, 2.75) is 32.0 Å². The molecule has 4 nitrogen and oxygen atoms in total. The third kappa shape index (κ3) is 5.05. The molecule has 1 aliphatic rings. The number of carbonyl (C=O) groups excluding carboxylic acids is 2. The van der Waals surface area contributed by atoms with Gasteiger partial charge in [-0.15, -0.1) is 0 Å². The van der Waals surface area contributed by atoms with Crippen molar-refractivity contribution in [2.75, 3.05) is 5.32 Å². The second kappa shape index (κ2) is 8.69. The van der Waals surface area contributed by atoms with Crippen molar-refractivity contribution in [1.82, 2.24) is 5.32 Å². The Morgan fingerprint density at radius 3 is 2.27 bits per heavy atom. The van der Waals surface area contributed by atoms with Gasteiger partial charge in [0, 0.05) is 24.2 Å². The van der Waals surface area contributed by atoms with Gasteiger partial charge >= 0.3 is 6.18 Å². The van der Waals surface area contributed by atoms with Crippen molar-refractivity contribution >= 4 is 17.5 Å². The van der Waals surface area contributed by atoms with Gasteiger partial charge in [-0.3, -0.25) is 9.59 Å². The highest BCUT2D eigenvalue weighted by molar-refractivity contribution is 6.08. The fourth-order valence-electron chi connectivity index (χ4n) is 4.08. The van der Waals surface area contributed by atoms with Crippen LogP contribution in [0.3, 0.4) is 0 Å². The molecule has 1 aliphatic carbocycles. The first-order chi connectivity index (χ1) is 15.6. The van der Waals surface area contributed by atoms with E-state index in [4.69, 9.17) is 0 Å². The second-order valence-corrected chi connectivity index (χ2v) is 8.01. The van der Waals surface area contributed by atoms with E-state index >= 15 is 0 Å². The van der Waals surface area contributed by atoms with Crippen LogP contribution < -0.4 is 10.6 Å². The highest BCUT2D eigenvalue weighted by Gasteiger charge is 2.30. The molecule has 1 atom stereocenters. The molecule has 0 bridgehead atoms. The van der Waals surface area contributed by atoms with Gasteiger partial charge in [-0.05, 0) is 77.6 Å². The molecule has 2 N–H and O–H groups in total. The molecule has 0 saturated heterocycles. The molecule has 0 spiro atoms. The molecule has 3 aromatic carbocycles. The van der Waals surface area contributed by atoms with E-state index in [0.29, 0.717) is 24.1 Å². The van der Waals surface area contributed by atoms with E-state index in [0.717, 1.165) is 35.4 Å². The number of rotatable bonds is 4. The summed E-state index contributed by atoms with van der Waals surface area (Å²) in [4.78, 5) is 24.3. The Hall–Kier alpha value is -3.68. The first-order valence-electron chi connectivity index (χ1n) is 10.3. The fourth-order valence-corrected chi connectivity index (χ4v) is 4.08. The maximum absolute atomic E-state index is 13.9. The maximum atomic E-state index is 13.9. The van der Waals surface area contributed by atoms with Crippen LogP contribution in [-0.2, 0) is 23.8 Å². The summed E-state index contributed by atoms with van der Waals surface area (Å²) in [5.41, 5.74) is 2.41. The third-order valence-electron chi connectivity index (χ3n) is 5.55. The summed E-state index contributed by atoms with van der Waals surface area (Å²) in [7, 11) is 0. The zero-order valence-corrected chi connectivity index (χ0v) is 17.6. The first kappa shape index (κ1) is 22.5. The Balaban J connectivity index is 1.57. The van der Waals surface area contributed by atoms with Gasteiger partial charge in [0.05, 0.1) is 5.56 Å². The molecule has 3 aromatic rings. The lowest BCUT2D eigenvalue weighted by atomic mass is 9.97. The van der Waals surface area contributed by atoms with Gasteiger partial charge in [0.15, 0.2) is 0 Å². The Labute approximate surface area is 187 Å². The van der Waals surface area contributed by atoms with Crippen molar-refractivity contribution in [3.8, 4) is 11.1 Å². The molecule has 0 aliphatic heterocycles. The normalized spacial score (nSPS) is 15.1. The highest BCUT2D eigenvalue weighted by atomic mass is 19.4. The lowest BCUT2D eigenvalue weighted by Gasteiger charge is -2.13. The molecule has 33 heavy (non-hydrogen) atoms. The van der Waals surface area contributed by atoms with Crippen molar-refractivity contribution < 1.29 is 27.2 Å². The molecule has 0 aromatic heterocycles. The van der Waals surface area contributed by atoms with E-state index in [-0.39, 0.29) is 23.1 Å². The number of nitrogens with one attached hydrogen (secondary N) is 2. The monoisotopic (exact) mass is 456 g/mol. The molecule has 170 valence electrons. The van der Waals surface area contributed by atoms with Gasteiger partial charge in [0.2, 0.25) is 5.91 Å². The van der Waals surface area contributed by atoms with Crippen LogP contribution in [0, 0.1) is 5.82 Å². The SMILES string of the molecule is CC(=O)NC1Cc2ccc(NC(=O)c3ccc(F)cc3-c3ccc(C(F)(F)F)cc3)cc2C1. The van der Waals surface area contributed by atoms with Crippen molar-refractivity contribution in [3.63, 3.8) is 0 Å². The van der Waals surface area contributed by atoms with Crippen LogP contribution in [0.1, 0.15) is 34.0 Å². The molecule has 0 fully saturated rings. The molecular formula is C25H20F4N2O2. The summed E-state index contributed by atoms with van der Waals surface area (Å²) in [6, 6.07) is 13.2. The molecule has 8 heteroatoms. The third-order valence-corrected chi connectivity index (χ3v) is 5.55. The van der Waals surface area contributed by atoms with Crippen molar-refractivity contribution in [3.05, 3.63) is 88.7 Å². The minimum Gasteiger partial charge on any atom is -0.353 e. The topological polar surface area (TPSA) is 58.2 Å². The number of benzene rings is 3. The van der Waals surface area contributed by atoms with E-state index in [9.17, 15) is 27.2 Å². The first-order valence-corrected chi connectivity index (χ1v) is 10.3. The van der Waals surface area contributed by atoms with Gasteiger partial charge in [-0.2, -0.15) is 13.2 Å². The number of alkyl halides is 3. The molecule has 0 heterocycles. The summed E-state index contributed by atoms with van der Waals surface area (Å²) in [6.07, 6.45) is -3.14. The lowest BCUT2D eigenvalue weighted by Crippen LogP contribution is -2.33. The minimum atomic E-state index is -4.49. The number of amides is 2. The van der Waals surface area contributed by atoms with Gasteiger partial charge in [0.1, 0.15) is 5.82 Å². The largest absolute Gasteiger partial charge is 0.416 e. The number of anilines is 1. The zero-order chi connectivity index (χ0) is 23.8. The number of hydrogen-bond donors (Lipinski definition) is 2. The molecule has 0 radical (unpaired) electrons. The second-order valence-electron chi connectivity index (χ2n) is 8.01. The summed E-state index contributed by atoms with van der Waals surface area (Å²) in [5, 5.41) is 5.67. The summed E-state index contributed by atoms with van der Waals surface area (Å²) >= 11 is 0. The van der Waals surface area contributed by atoms with Gasteiger partial charge in [0.25, 0.3) is 5.91 Å². The van der Waals surface area contributed by atoms with E-state index in [2.05, 4.69) is 10.6 Å². The van der Waals surface area contributed by atoms with E-state index in [1.165, 1.54) is 25.1 Å². The predicted octanol–water partition coefficient (Wildman–Crippen LogP) is 5.37. The van der Waals surface area contributed by atoms with Gasteiger partial charge in [-0.25, -0.2) is 4.39 Å². The number of fused-ring (bicyclic) bond motifs is 1. The maximum Gasteiger partial charge on any atom is 0.416 e. The predicted molar refractivity (Wildman–Crippen MR) is 116 cm³/mol. The average molecular weight is 456 g/mol. The summed E-state index contributed by atoms with van der Waals surface area (Å²) in [6.45, 7) is 1.46. The lowest BCUT2D eigenvalue weighted by molar-refractivity contribution is -0.137. The molecular weight excluding hydrogens is 436 g/mol. The van der Waals surface area contributed by atoms with Gasteiger partial charge < -0.3 is 10.6 Å². The molecule has 4 rings (SSSR count). The van der Waals surface area contributed by atoms with Crippen LogP contribution in [0.5, 0.6) is 0 Å². The van der Waals surface area contributed by atoms with E-state index in [1.54, 1.807) is 6.07 Å². The van der Waals surface area contributed by atoms with Crippen molar-refractivity contribution in [1.29, 1.82) is 0 Å². The van der Waals surface area contributed by atoms with Crippen LogP contribution in [0.2, 0.25) is 0 Å². The van der Waals surface area contributed by atoms with Crippen LogP contribution in [0.15, 0.2) is 60.7 Å². The Morgan fingerprint density at radius 2 is 1.61 bits per heavy atom. The standard InChI is InChI=1S/C25H20F4N2O2/c1-14(32)30-21-10-16-4-8-20(11-17(16)12-21)31-24(33)22-9-7-19(26)13-23(22)15-2-5-18(6-3-15)25(27,28)29/h2-9,11,13,21H,10,12H2,1H3,(H,30,32)(H,31,33). The fraction of sp³-hybridized carbons (Fsp3) is 0.200. The van der Waals surface area contributed by atoms with E-state index < -0.39 is 23.5 Å².